The molecular weight excluding hydrogens is 356 g/mol. The first-order chi connectivity index (χ1) is 13.1. The first-order valence-electron chi connectivity index (χ1n) is 8.98. The molecule has 0 radical (unpaired) electrons. The molecule has 5 nitrogen and oxygen atoms in total. The van der Waals surface area contributed by atoms with Gasteiger partial charge in [-0.15, -0.1) is 11.3 Å². The predicted octanol–water partition coefficient (Wildman–Crippen LogP) is 4.48. The minimum Gasteiger partial charge on any atom is -0.397 e. The maximum Gasteiger partial charge on any atom is 0.267 e. The SMILES string of the molecule is Cc1cc(NC(=O)c2sc3nc4c(cc3c2N)CCC4)c2ccccc2n1. The van der Waals surface area contributed by atoms with E-state index in [9.17, 15) is 4.79 Å². The zero-order valence-corrected chi connectivity index (χ0v) is 15.7. The van der Waals surface area contributed by atoms with Gasteiger partial charge in [0.15, 0.2) is 0 Å². The fourth-order valence-electron chi connectivity index (χ4n) is 3.76. The van der Waals surface area contributed by atoms with Crippen molar-refractivity contribution in [2.75, 3.05) is 11.1 Å². The highest BCUT2D eigenvalue weighted by Crippen LogP contribution is 2.36. The molecule has 0 unspecified atom stereocenters. The number of benzene rings is 1. The van der Waals surface area contributed by atoms with Crippen LogP contribution >= 0.6 is 11.3 Å². The second kappa shape index (κ2) is 6.03. The van der Waals surface area contributed by atoms with Crippen LogP contribution in [0.5, 0.6) is 0 Å². The number of thiophene rings is 1. The van der Waals surface area contributed by atoms with E-state index >= 15 is 0 Å². The fraction of sp³-hybridized carbons (Fsp3) is 0.190. The summed E-state index contributed by atoms with van der Waals surface area (Å²) in [4.78, 5) is 23.6. The average Bonchev–Trinajstić information content (AvgIpc) is 3.24. The van der Waals surface area contributed by atoms with Crippen LogP contribution in [0.3, 0.4) is 0 Å². The van der Waals surface area contributed by atoms with Gasteiger partial charge in [-0.05, 0) is 49.9 Å². The normalized spacial score (nSPS) is 13.2. The molecule has 0 spiro atoms. The predicted molar refractivity (Wildman–Crippen MR) is 110 cm³/mol. The Morgan fingerprint density at radius 2 is 2.00 bits per heavy atom. The summed E-state index contributed by atoms with van der Waals surface area (Å²) < 4.78 is 0. The number of hydrogen-bond donors (Lipinski definition) is 2. The number of nitrogen functional groups attached to an aromatic ring is 1. The van der Waals surface area contributed by atoms with Crippen LogP contribution in [0.25, 0.3) is 21.1 Å². The first-order valence-corrected chi connectivity index (χ1v) is 9.80. The molecule has 0 saturated carbocycles. The van der Waals surface area contributed by atoms with E-state index in [0.717, 1.165) is 57.5 Å². The summed E-state index contributed by atoms with van der Waals surface area (Å²) in [6.45, 7) is 1.92. The van der Waals surface area contributed by atoms with Crippen LogP contribution in [-0.2, 0) is 12.8 Å². The number of carbonyl (C=O) groups excluding carboxylic acids is 1. The van der Waals surface area contributed by atoms with Gasteiger partial charge in [-0.3, -0.25) is 9.78 Å². The summed E-state index contributed by atoms with van der Waals surface area (Å²) in [6.07, 6.45) is 3.19. The van der Waals surface area contributed by atoms with Gasteiger partial charge < -0.3 is 11.1 Å². The van der Waals surface area contributed by atoms with Crippen molar-refractivity contribution in [3.8, 4) is 0 Å². The van der Waals surface area contributed by atoms with E-state index in [2.05, 4.69) is 16.4 Å². The lowest BCUT2D eigenvalue weighted by Gasteiger charge is -2.09. The molecule has 3 heterocycles. The van der Waals surface area contributed by atoms with E-state index in [1.807, 2.05) is 37.3 Å². The number of aryl methyl sites for hydroxylation is 3. The molecule has 4 aromatic rings. The number of anilines is 2. The smallest absolute Gasteiger partial charge is 0.267 e. The van der Waals surface area contributed by atoms with Gasteiger partial charge in [-0.25, -0.2) is 4.98 Å². The number of nitrogens with one attached hydrogen (secondary N) is 1. The molecule has 1 aliphatic carbocycles. The highest BCUT2D eigenvalue weighted by Gasteiger charge is 2.21. The second-order valence-electron chi connectivity index (χ2n) is 6.93. The van der Waals surface area contributed by atoms with Crippen molar-refractivity contribution >= 4 is 49.7 Å². The van der Waals surface area contributed by atoms with Crippen molar-refractivity contribution in [3.63, 3.8) is 0 Å². The molecule has 0 saturated heterocycles. The zero-order chi connectivity index (χ0) is 18.5. The molecule has 0 atom stereocenters. The number of pyridine rings is 2. The number of rotatable bonds is 2. The molecule has 1 aliphatic rings. The summed E-state index contributed by atoms with van der Waals surface area (Å²) >= 11 is 1.36. The number of carbonyl (C=O) groups is 1. The molecule has 134 valence electrons. The third-order valence-corrected chi connectivity index (χ3v) is 6.16. The lowest BCUT2D eigenvalue weighted by atomic mass is 10.1. The Bertz CT molecular complexity index is 1230. The summed E-state index contributed by atoms with van der Waals surface area (Å²) in [5.41, 5.74) is 11.7. The molecule has 1 aromatic carbocycles. The van der Waals surface area contributed by atoms with E-state index in [1.54, 1.807) is 0 Å². The van der Waals surface area contributed by atoms with Gasteiger partial charge in [0.05, 0.1) is 16.9 Å². The minimum atomic E-state index is -0.202. The summed E-state index contributed by atoms with van der Waals surface area (Å²) in [6, 6.07) is 11.8. The van der Waals surface area contributed by atoms with Crippen LogP contribution in [0.15, 0.2) is 36.4 Å². The van der Waals surface area contributed by atoms with Gasteiger partial charge in [0.1, 0.15) is 9.71 Å². The van der Waals surface area contributed by atoms with E-state index < -0.39 is 0 Å². The molecule has 6 heteroatoms. The van der Waals surface area contributed by atoms with Crippen LogP contribution < -0.4 is 11.1 Å². The van der Waals surface area contributed by atoms with Crippen molar-refractivity contribution in [2.45, 2.75) is 26.2 Å². The Morgan fingerprint density at radius 1 is 1.15 bits per heavy atom. The number of fused-ring (bicyclic) bond motifs is 3. The molecular formula is C21H18N4OS. The van der Waals surface area contributed by atoms with Crippen LogP contribution in [-0.4, -0.2) is 15.9 Å². The van der Waals surface area contributed by atoms with Crippen LogP contribution in [0.4, 0.5) is 11.4 Å². The highest BCUT2D eigenvalue weighted by atomic mass is 32.1. The zero-order valence-electron chi connectivity index (χ0n) is 14.9. The second-order valence-corrected chi connectivity index (χ2v) is 7.93. The quantitative estimate of drug-likeness (QED) is 0.542. The number of amides is 1. The summed E-state index contributed by atoms with van der Waals surface area (Å²) in [5.74, 6) is -0.202. The Balaban J connectivity index is 1.56. The standard InChI is InChI=1S/C21H18N4OS/c1-11-9-17(13-6-2-3-7-16(13)23-11)24-20(26)19-18(22)14-10-12-5-4-8-15(12)25-21(14)27-19/h2-3,6-7,9-10H,4-5,8,22H2,1H3,(H,23,24,26). The third-order valence-electron chi connectivity index (χ3n) is 5.05. The van der Waals surface area contributed by atoms with Crippen molar-refractivity contribution < 1.29 is 4.79 Å². The molecule has 0 fully saturated rings. The fourth-order valence-corrected chi connectivity index (χ4v) is 4.75. The van der Waals surface area contributed by atoms with Gasteiger partial charge in [0.25, 0.3) is 5.91 Å². The van der Waals surface area contributed by atoms with Crippen molar-refractivity contribution in [2.24, 2.45) is 0 Å². The Morgan fingerprint density at radius 3 is 2.89 bits per heavy atom. The number of hydrogen-bond acceptors (Lipinski definition) is 5. The Kier molecular flexibility index (Phi) is 3.62. The van der Waals surface area contributed by atoms with E-state index in [1.165, 1.54) is 16.9 Å². The van der Waals surface area contributed by atoms with Gasteiger partial charge in [-0.2, -0.15) is 0 Å². The van der Waals surface area contributed by atoms with E-state index in [4.69, 9.17) is 10.7 Å². The summed E-state index contributed by atoms with van der Waals surface area (Å²) in [5, 5.41) is 4.83. The highest BCUT2D eigenvalue weighted by molar-refractivity contribution is 7.21. The van der Waals surface area contributed by atoms with Gasteiger partial charge in [0, 0.05) is 22.2 Å². The number of para-hydroxylation sites is 1. The van der Waals surface area contributed by atoms with Crippen LogP contribution in [0.2, 0.25) is 0 Å². The van der Waals surface area contributed by atoms with Gasteiger partial charge >= 0.3 is 0 Å². The summed E-state index contributed by atoms with van der Waals surface area (Å²) in [7, 11) is 0. The van der Waals surface area contributed by atoms with Gasteiger partial charge in [-0.1, -0.05) is 18.2 Å². The molecule has 27 heavy (non-hydrogen) atoms. The molecule has 3 aromatic heterocycles. The number of nitrogens with two attached hydrogens (primary N) is 1. The molecule has 0 aliphatic heterocycles. The lowest BCUT2D eigenvalue weighted by molar-refractivity contribution is 0.103. The molecule has 1 amide bonds. The molecule has 5 rings (SSSR count). The maximum atomic E-state index is 13.0. The maximum absolute atomic E-state index is 13.0. The van der Waals surface area contributed by atoms with Crippen LogP contribution in [0.1, 0.15) is 33.0 Å². The molecule has 0 bridgehead atoms. The third kappa shape index (κ3) is 2.64. The van der Waals surface area contributed by atoms with Crippen molar-refractivity contribution in [3.05, 3.63) is 58.2 Å². The Labute approximate surface area is 160 Å². The van der Waals surface area contributed by atoms with Crippen LogP contribution in [0, 0.1) is 6.92 Å². The Hall–Kier alpha value is -2.99. The number of nitrogens with zero attached hydrogens (tertiary/aromatic N) is 2. The largest absolute Gasteiger partial charge is 0.397 e. The first kappa shape index (κ1) is 16.2. The van der Waals surface area contributed by atoms with E-state index in [-0.39, 0.29) is 5.91 Å². The monoisotopic (exact) mass is 374 g/mol. The topological polar surface area (TPSA) is 80.9 Å². The van der Waals surface area contributed by atoms with Crippen molar-refractivity contribution in [1.29, 1.82) is 0 Å². The van der Waals surface area contributed by atoms with Gasteiger partial charge in [0.2, 0.25) is 0 Å². The van der Waals surface area contributed by atoms with Crippen molar-refractivity contribution in [1.82, 2.24) is 9.97 Å². The average molecular weight is 374 g/mol. The molecule has 3 N–H and O–H groups in total. The van der Waals surface area contributed by atoms with E-state index in [0.29, 0.717) is 10.6 Å². The minimum absolute atomic E-state index is 0.202. The number of aromatic nitrogens is 2. The lowest BCUT2D eigenvalue weighted by Crippen LogP contribution is -2.12.